The lowest BCUT2D eigenvalue weighted by Gasteiger charge is -2.32. The minimum atomic E-state index is -0.696. The molecular formula is C17H24N2O2. The van der Waals surface area contributed by atoms with Gasteiger partial charge < -0.3 is 10.5 Å². The summed E-state index contributed by atoms with van der Waals surface area (Å²) in [5, 5.41) is 3.47. The number of nitrogens with two attached hydrogens (primary N) is 1. The van der Waals surface area contributed by atoms with Gasteiger partial charge in [-0.25, -0.2) is 0 Å². The van der Waals surface area contributed by atoms with Crippen LogP contribution in [-0.4, -0.2) is 24.1 Å². The number of rotatable bonds is 7. The average molecular weight is 288 g/mol. The standard InChI is InChI=1S/C17H24N2O2/c1-11-7-12(2)9-15(8-11)21-10-17(16(18)20,13-3-4-13)19-14-5-6-14/h7-9,13-14,19H,3-6,10H2,1-2H3,(H2,18,20). The van der Waals surface area contributed by atoms with Gasteiger partial charge in [-0.2, -0.15) is 0 Å². The van der Waals surface area contributed by atoms with Crippen molar-refractivity contribution < 1.29 is 9.53 Å². The molecule has 1 aromatic carbocycles. The molecule has 2 saturated carbocycles. The van der Waals surface area contributed by atoms with Crippen LogP contribution in [0.4, 0.5) is 0 Å². The van der Waals surface area contributed by atoms with Gasteiger partial charge in [0.15, 0.2) is 0 Å². The van der Waals surface area contributed by atoms with E-state index in [0.29, 0.717) is 18.6 Å². The molecule has 0 bridgehead atoms. The molecule has 3 rings (SSSR count). The maximum atomic E-state index is 12.1. The summed E-state index contributed by atoms with van der Waals surface area (Å²) in [5.41, 5.74) is 7.36. The predicted octanol–water partition coefficient (Wildman–Crippen LogP) is 2.07. The van der Waals surface area contributed by atoms with Crippen molar-refractivity contribution in [3.05, 3.63) is 29.3 Å². The van der Waals surface area contributed by atoms with Crippen molar-refractivity contribution in [1.82, 2.24) is 5.32 Å². The first kappa shape index (κ1) is 14.4. The Bertz CT molecular complexity index is 529. The van der Waals surface area contributed by atoms with Gasteiger partial charge in [-0.1, -0.05) is 6.07 Å². The molecule has 114 valence electrons. The van der Waals surface area contributed by atoms with Crippen molar-refractivity contribution >= 4 is 5.91 Å². The van der Waals surface area contributed by atoms with Crippen molar-refractivity contribution in [2.75, 3.05) is 6.61 Å². The molecule has 4 heteroatoms. The van der Waals surface area contributed by atoms with Crippen LogP contribution >= 0.6 is 0 Å². The Morgan fingerprint density at radius 1 is 1.24 bits per heavy atom. The molecule has 0 saturated heterocycles. The summed E-state index contributed by atoms with van der Waals surface area (Å²) in [4.78, 5) is 12.1. The van der Waals surface area contributed by atoms with Crippen LogP contribution in [-0.2, 0) is 4.79 Å². The van der Waals surface area contributed by atoms with Crippen LogP contribution in [0.25, 0.3) is 0 Å². The van der Waals surface area contributed by atoms with Crippen LogP contribution in [0.2, 0.25) is 0 Å². The fraction of sp³-hybridized carbons (Fsp3) is 0.588. The first-order chi connectivity index (χ1) is 9.99. The van der Waals surface area contributed by atoms with E-state index >= 15 is 0 Å². The van der Waals surface area contributed by atoms with Gasteiger partial charge in [0.2, 0.25) is 5.91 Å². The number of carbonyl (C=O) groups excluding carboxylic acids is 1. The molecule has 4 nitrogen and oxygen atoms in total. The molecule has 2 aliphatic rings. The number of hydrogen-bond acceptors (Lipinski definition) is 3. The quantitative estimate of drug-likeness (QED) is 0.807. The lowest BCUT2D eigenvalue weighted by molar-refractivity contribution is -0.126. The molecule has 2 fully saturated rings. The second-order valence-corrected chi connectivity index (χ2v) is 6.64. The highest BCUT2D eigenvalue weighted by Crippen LogP contribution is 2.42. The summed E-state index contributed by atoms with van der Waals surface area (Å²) in [5.74, 6) is 0.860. The van der Waals surface area contributed by atoms with E-state index in [1.807, 2.05) is 26.0 Å². The maximum absolute atomic E-state index is 12.1. The molecule has 0 radical (unpaired) electrons. The lowest BCUT2D eigenvalue weighted by Crippen LogP contribution is -2.61. The molecular weight excluding hydrogens is 264 g/mol. The van der Waals surface area contributed by atoms with Crippen LogP contribution in [0, 0.1) is 19.8 Å². The summed E-state index contributed by atoms with van der Waals surface area (Å²) in [6, 6.07) is 6.55. The summed E-state index contributed by atoms with van der Waals surface area (Å²) < 4.78 is 5.96. The fourth-order valence-electron chi connectivity index (χ4n) is 3.00. The maximum Gasteiger partial charge on any atom is 0.241 e. The largest absolute Gasteiger partial charge is 0.491 e. The number of nitrogens with one attached hydrogen (secondary N) is 1. The van der Waals surface area contributed by atoms with Gasteiger partial charge in [0.25, 0.3) is 0 Å². The van der Waals surface area contributed by atoms with Gasteiger partial charge in [-0.05, 0) is 68.7 Å². The van der Waals surface area contributed by atoms with Crippen molar-refractivity contribution in [3.8, 4) is 5.75 Å². The minimum absolute atomic E-state index is 0.277. The Labute approximate surface area is 126 Å². The highest BCUT2D eigenvalue weighted by molar-refractivity contribution is 5.86. The Balaban J connectivity index is 1.75. The minimum Gasteiger partial charge on any atom is -0.491 e. The SMILES string of the molecule is Cc1cc(C)cc(OCC(NC2CC2)(C(N)=O)C2CC2)c1. The smallest absolute Gasteiger partial charge is 0.241 e. The van der Waals surface area contributed by atoms with Crippen molar-refractivity contribution in [3.63, 3.8) is 0 Å². The van der Waals surface area contributed by atoms with E-state index in [0.717, 1.165) is 42.6 Å². The molecule has 1 atom stereocenters. The second-order valence-electron chi connectivity index (χ2n) is 6.64. The molecule has 1 amide bonds. The molecule has 1 unspecified atom stereocenters. The first-order valence-corrected chi connectivity index (χ1v) is 7.78. The van der Waals surface area contributed by atoms with E-state index in [2.05, 4.69) is 11.4 Å². The van der Waals surface area contributed by atoms with E-state index in [-0.39, 0.29) is 5.91 Å². The summed E-state index contributed by atoms with van der Waals surface area (Å²) >= 11 is 0. The van der Waals surface area contributed by atoms with Crippen LogP contribution < -0.4 is 15.8 Å². The average Bonchev–Trinajstić information content (AvgIpc) is 3.24. The van der Waals surface area contributed by atoms with Crippen molar-refractivity contribution in [2.45, 2.75) is 51.1 Å². The van der Waals surface area contributed by atoms with E-state index in [1.54, 1.807) is 0 Å². The molecule has 21 heavy (non-hydrogen) atoms. The topological polar surface area (TPSA) is 64.3 Å². The van der Waals surface area contributed by atoms with Gasteiger partial charge in [-0.3, -0.25) is 10.1 Å². The van der Waals surface area contributed by atoms with Gasteiger partial charge in [0.1, 0.15) is 17.9 Å². The van der Waals surface area contributed by atoms with Crippen molar-refractivity contribution in [2.24, 2.45) is 11.7 Å². The fourth-order valence-corrected chi connectivity index (χ4v) is 3.00. The number of benzene rings is 1. The van der Waals surface area contributed by atoms with Crippen LogP contribution in [0.5, 0.6) is 5.75 Å². The Hall–Kier alpha value is -1.55. The zero-order valence-corrected chi connectivity index (χ0v) is 12.8. The highest BCUT2D eigenvalue weighted by Gasteiger charge is 2.52. The van der Waals surface area contributed by atoms with Crippen LogP contribution in [0.3, 0.4) is 0 Å². The normalized spacial score (nSPS) is 20.9. The van der Waals surface area contributed by atoms with Crippen molar-refractivity contribution in [1.29, 1.82) is 0 Å². The zero-order valence-electron chi connectivity index (χ0n) is 12.8. The number of aryl methyl sites for hydroxylation is 2. The van der Waals surface area contributed by atoms with Gasteiger partial charge in [-0.15, -0.1) is 0 Å². The Kier molecular flexibility index (Phi) is 3.66. The summed E-state index contributed by atoms with van der Waals surface area (Å²) in [6.07, 6.45) is 4.37. The van der Waals surface area contributed by atoms with E-state index in [9.17, 15) is 4.79 Å². The predicted molar refractivity (Wildman–Crippen MR) is 82.2 cm³/mol. The summed E-state index contributed by atoms with van der Waals surface area (Å²) in [6.45, 7) is 4.42. The third-order valence-electron chi connectivity index (χ3n) is 4.41. The molecule has 0 aromatic heterocycles. The monoisotopic (exact) mass is 288 g/mol. The number of primary amides is 1. The molecule has 0 aliphatic heterocycles. The number of carbonyl (C=O) groups is 1. The van der Waals surface area contributed by atoms with E-state index < -0.39 is 5.54 Å². The molecule has 1 aromatic rings. The lowest BCUT2D eigenvalue weighted by atomic mass is 9.93. The Morgan fingerprint density at radius 2 is 1.86 bits per heavy atom. The first-order valence-electron chi connectivity index (χ1n) is 7.78. The Morgan fingerprint density at radius 3 is 2.33 bits per heavy atom. The molecule has 3 N–H and O–H groups in total. The second kappa shape index (κ2) is 5.34. The zero-order chi connectivity index (χ0) is 15.0. The number of ether oxygens (including phenoxy) is 1. The van der Waals surface area contributed by atoms with Gasteiger partial charge >= 0.3 is 0 Å². The molecule has 2 aliphatic carbocycles. The van der Waals surface area contributed by atoms with Gasteiger partial charge in [0.05, 0.1) is 0 Å². The van der Waals surface area contributed by atoms with E-state index in [1.165, 1.54) is 0 Å². The molecule has 0 spiro atoms. The molecule has 0 heterocycles. The third-order valence-corrected chi connectivity index (χ3v) is 4.41. The number of amides is 1. The van der Waals surface area contributed by atoms with Gasteiger partial charge in [0, 0.05) is 6.04 Å². The van der Waals surface area contributed by atoms with Crippen LogP contribution in [0.15, 0.2) is 18.2 Å². The van der Waals surface area contributed by atoms with Crippen LogP contribution in [0.1, 0.15) is 36.8 Å². The number of hydrogen-bond donors (Lipinski definition) is 2. The highest BCUT2D eigenvalue weighted by atomic mass is 16.5. The summed E-state index contributed by atoms with van der Waals surface area (Å²) in [7, 11) is 0. The third kappa shape index (κ3) is 3.21. The van der Waals surface area contributed by atoms with E-state index in [4.69, 9.17) is 10.5 Å².